The average molecular weight is 357 g/mol. The Balaban J connectivity index is 1.89. The van der Waals surface area contributed by atoms with Crippen molar-refractivity contribution in [2.75, 3.05) is 18.4 Å². The van der Waals surface area contributed by atoms with Crippen LogP contribution in [0.4, 0.5) is 5.69 Å². The van der Waals surface area contributed by atoms with Gasteiger partial charge < -0.3 is 9.88 Å². The van der Waals surface area contributed by atoms with Crippen LogP contribution in [0.2, 0.25) is 0 Å². The third kappa shape index (κ3) is 4.26. The monoisotopic (exact) mass is 356 g/mol. The molecule has 2 aromatic rings. The maximum atomic E-state index is 12.0. The molecule has 0 radical (unpaired) electrons. The van der Waals surface area contributed by atoms with Gasteiger partial charge in [-0.3, -0.25) is 9.69 Å². The van der Waals surface area contributed by atoms with Crippen LogP contribution in [0.25, 0.3) is 11.0 Å². The van der Waals surface area contributed by atoms with E-state index >= 15 is 0 Å². The molecule has 3 rings (SSSR count). The fraction of sp³-hybridized carbons (Fsp3) is 0.619. The predicted octanol–water partition coefficient (Wildman–Crippen LogP) is 4.59. The lowest BCUT2D eigenvalue weighted by atomic mass is 10.2. The Morgan fingerprint density at radius 1 is 1.12 bits per heavy atom. The van der Waals surface area contributed by atoms with Crippen LogP contribution in [0.15, 0.2) is 18.2 Å². The van der Waals surface area contributed by atoms with Gasteiger partial charge in [0.1, 0.15) is 5.82 Å². The average Bonchev–Trinajstić information content (AvgIpc) is 2.74. The Morgan fingerprint density at radius 3 is 2.42 bits per heavy atom. The molecule has 0 bridgehead atoms. The summed E-state index contributed by atoms with van der Waals surface area (Å²) in [6, 6.07) is 6.43. The van der Waals surface area contributed by atoms with Gasteiger partial charge >= 0.3 is 0 Å². The maximum absolute atomic E-state index is 12.0. The van der Waals surface area contributed by atoms with Crippen molar-refractivity contribution in [3.8, 4) is 0 Å². The molecule has 1 aromatic carbocycles. The van der Waals surface area contributed by atoms with Crippen LogP contribution in [0.1, 0.15) is 65.2 Å². The SMILES string of the molecule is CC(C)C(=O)Nc1ccc2c(c1)nc(CN1CCCCCC1)n2C(C)C. The van der Waals surface area contributed by atoms with Crippen LogP contribution in [0.3, 0.4) is 0 Å². The van der Waals surface area contributed by atoms with Crippen LogP contribution in [0.5, 0.6) is 0 Å². The molecule has 2 heterocycles. The molecule has 5 nitrogen and oxygen atoms in total. The molecule has 1 aromatic heterocycles. The first-order chi connectivity index (χ1) is 12.5. The topological polar surface area (TPSA) is 50.2 Å². The molecule has 1 fully saturated rings. The number of aromatic nitrogens is 2. The van der Waals surface area contributed by atoms with Crippen LogP contribution >= 0.6 is 0 Å². The second-order valence-corrected chi connectivity index (χ2v) is 8.03. The van der Waals surface area contributed by atoms with Crippen LogP contribution in [-0.4, -0.2) is 33.4 Å². The number of fused-ring (bicyclic) bond motifs is 1. The minimum atomic E-state index is -0.0301. The highest BCUT2D eigenvalue weighted by molar-refractivity contribution is 5.94. The summed E-state index contributed by atoms with van der Waals surface area (Å²) < 4.78 is 2.34. The van der Waals surface area contributed by atoms with Gasteiger partial charge in [-0.15, -0.1) is 0 Å². The molecule has 1 aliphatic heterocycles. The van der Waals surface area contributed by atoms with Gasteiger partial charge in [0.05, 0.1) is 17.6 Å². The number of benzene rings is 1. The van der Waals surface area contributed by atoms with E-state index in [1.165, 1.54) is 25.7 Å². The molecule has 1 amide bonds. The van der Waals surface area contributed by atoms with Gasteiger partial charge in [0.2, 0.25) is 5.91 Å². The normalized spacial score (nSPS) is 16.4. The zero-order valence-corrected chi connectivity index (χ0v) is 16.6. The van der Waals surface area contributed by atoms with E-state index in [4.69, 9.17) is 4.98 Å². The quantitative estimate of drug-likeness (QED) is 0.852. The van der Waals surface area contributed by atoms with Gasteiger partial charge in [0.25, 0.3) is 0 Å². The number of hydrogen-bond donors (Lipinski definition) is 1. The number of carbonyl (C=O) groups is 1. The number of rotatable bonds is 5. The van der Waals surface area contributed by atoms with Crippen LogP contribution < -0.4 is 5.32 Å². The Kier molecular flexibility index (Phi) is 5.97. The lowest BCUT2D eigenvalue weighted by Gasteiger charge is -2.21. The smallest absolute Gasteiger partial charge is 0.226 e. The number of amides is 1. The maximum Gasteiger partial charge on any atom is 0.226 e. The highest BCUT2D eigenvalue weighted by Crippen LogP contribution is 2.25. The highest BCUT2D eigenvalue weighted by Gasteiger charge is 2.18. The number of nitrogens with zero attached hydrogens (tertiary/aromatic N) is 3. The molecule has 26 heavy (non-hydrogen) atoms. The van der Waals surface area contributed by atoms with Crippen molar-refractivity contribution >= 4 is 22.6 Å². The summed E-state index contributed by atoms with van der Waals surface area (Å²) in [5, 5.41) is 2.98. The molecular formula is C21H32N4O. The number of likely N-dealkylation sites (tertiary alicyclic amines) is 1. The summed E-state index contributed by atoms with van der Waals surface area (Å²) in [6.45, 7) is 11.5. The summed E-state index contributed by atoms with van der Waals surface area (Å²) >= 11 is 0. The van der Waals surface area contributed by atoms with E-state index in [1.54, 1.807) is 0 Å². The van der Waals surface area contributed by atoms with Gasteiger partial charge in [0.15, 0.2) is 0 Å². The van der Waals surface area contributed by atoms with Gasteiger partial charge in [-0.2, -0.15) is 0 Å². The molecule has 1 aliphatic rings. The molecule has 1 saturated heterocycles. The molecule has 142 valence electrons. The zero-order chi connectivity index (χ0) is 18.7. The largest absolute Gasteiger partial charge is 0.326 e. The van der Waals surface area contributed by atoms with E-state index in [2.05, 4.69) is 34.7 Å². The highest BCUT2D eigenvalue weighted by atomic mass is 16.1. The third-order valence-electron chi connectivity index (χ3n) is 5.13. The Morgan fingerprint density at radius 2 is 1.81 bits per heavy atom. The number of carbonyl (C=O) groups excluding carboxylic acids is 1. The summed E-state index contributed by atoms with van der Waals surface area (Å²) in [4.78, 5) is 19.5. The minimum absolute atomic E-state index is 0.0301. The molecule has 0 spiro atoms. The Bertz CT molecular complexity index is 755. The van der Waals surface area contributed by atoms with Gasteiger partial charge in [-0.25, -0.2) is 4.98 Å². The third-order valence-corrected chi connectivity index (χ3v) is 5.13. The van der Waals surface area contributed by atoms with E-state index < -0.39 is 0 Å². The molecule has 0 saturated carbocycles. The van der Waals surface area contributed by atoms with Crippen LogP contribution in [0, 0.1) is 5.92 Å². The molecule has 0 aliphatic carbocycles. The van der Waals surface area contributed by atoms with E-state index in [1.807, 2.05) is 26.0 Å². The zero-order valence-electron chi connectivity index (χ0n) is 16.6. The van der Waals surface area contributed by atoms with Gasteiger partial charge in [-0.05, 0) is 58.0 Å². The standard InChI is InChI=1S/C21H32N4O/c1-15(2)21(26)22-17-9-10-19-18(13-17)23-20(25(19)16(3)4)14-24-11-7-5-6-8-12-24/h9-10,13,15-16H,5-8,11-12,14H2,1-4H3,(H,22,26). The lowest BCUT2D eigenvalue weighted by molar-refractivity contribution is -0.118. The number of imidazole rings is 1. The first-order valence-corrected chi connectivity index (χ1v) is 10.00. The van der Waals surface area contributed by atoms with E-state index in [0.717, 1.165) is 42.2 Å². The lowest BCUT2D eigenvalue weighted by Crippen LogP contribution is -2.26. The van der Waals surface area contributed by atoms with E-state index in [0.29, 0.717) is 6.04 Å². The fourth-order valence-electron chi connectivity index (χ4n) is 3.70. The molecule has 0 atom stereocenters. The molecule has 0 unspecified atom stereocenters. The van der Waals surface area contributed by atoms with Crippen molar-refractivity contribution in [2.45, 2.75) is 66.0 Å². The summed E-state index contributed by atoms with van der Waals surface area (Å²) in [7, 11) is 0. The summed E-state index contributed by atoms with van der Waals surface area (Å²) in [5.41, 5.74) is 2.93. The first kappa shape index (κ1) is 18.9. The van der Waals surface area contributed by atoms with Crippen molar-refractivity contribution in [3.05, 3.63) is 24.0 Å². The van der Waals surface area contributed by atoms with Gasteiger partial charge in [0, 0.05) is 17.6 Å². The first-order valence-electron chi connectivity index (χ1n) is 10.00. The van der Waals surface area contributed by atoms with Crippen molar-refractivity contribution < 1.29 is 4.79 Å². The number of anilines is 1. The van der Waals surface area contributed by atoms with E-state index in [9.17, 15) is 4.79 Å². The molecule has 1 N–H and O–H groups in total. The van der Waals surface area contributed by atoms with Crippen molar-refractivity contribution in [3.63, 3.8) is 0 Å². The molecule has 5 heteroatoms. The van der Waals surface area contributed by atoms with Crippen LogP contribution in [-0.2, 0) is 11.3 Å². The number of hydrogen-bond acceptors (Lipinski definition) is 3. The summed E-state index contributed by atoms with van der Waals surface area (Å²) in [5.74, 6) is 1.14. The predicted molar refractivity (Wildman–Crippen MR) is 107 cm³/mol. The van der Waals surface area contributed by atoms with Crippen molar-refractivity contribution in [2.24, 2.45) is 5.92 Å². The van der Waals surface area contributed by atoms with E-state index in [-0.39, 0.29) is 11.8 Å². The Labute approximate surface area is 156 Å². The number of nitrogens with one attached hydrogen (secondary N) is 1. The second kappa shape index (κ2) is 8.21. The second-order valence-electron chi connectivity index (χ2n) is 8.03. The minimum Gasteiger partial charge on any atom is -0.326 e. The Hall–Kier alpha value is -1.88. The molecular weight excluding hydrogens is 324 g/mol. The fourth-order valence-corrected chi connectivity index (χ4v) is 3.70. The van der Waals surface area contributed by atoms with Crippen molar-refractivity contribution in [1.82, 2.24) is 14.5 Å². The summed E-state index contributed by atoms with van der Waals surface area (Å²) in [6.07, 6.45) is 5.26. The van der Waals surface area contributed by atoms with Crippen molar-refractivity contribution in [1.29, 1.82) is 0 Å². The van der Waals surface area contributed by atoms with Gasteiger partial charge in [-0.1, -0.05) is 26.7 Å².